The van der Waals surface area contributed by atoms with Crippen LogP contribution in [0.15, 0.2) is 18.2 Å². The van der Waals surface area contributed by atoms with E-state index in [1.54, 1.807) is 19.1 Å². The van der Waals surface area contributed by atoms with E-state index in [2.05, 4.69) is 11.1 Å². The van der Waals surface area contributed by atoms with Gasteiger partial charge in [0.25, 0.3) is 0 Å². The molecule has 3 nitrogen and oxygen atoms in total. The van der Waals surface area contributed by atoms with Crippen molar-refractivity contribution < 1.29 is 4.39 Å². The molecule has 4 heteroatoms. The molecule has 2 rings (SSSR count). The molecule has 0 amide bonds. The number of rotatable bonds is 1. The molecule has 0 saturated carbocycles. The van der Waals surface area contributed by atoms with Gasteiger partial charge in [-0.05, 0) is 13.0 Å². The van der Waals surface area contributed by atoms with Crippen LogP contribution in [0.25, 0.3) is 10.9 Å². The summed E-state index contributed by atoms with van der Waals surface area (Å²) in [5.41, 5.74) is 2.07. The maximum atomic E-state index is 13.7. The first-order chi connectivity index (χ1) is 8.06. The standard InChI is InChI=1S/C13H12FN3/c1-8-10(7-15)13(17(2)3)9-5-4-6-11(14)12(9)16-8/h4-6H,1-3H3. The molecule has 0 aliphatic rings. The smallest absolute Gasteiger partial charge is 0.149 e. The van der Waals surface area contributed by atoms with Crippen molar-refractivity contribution in [3.05, 3.63) is 35.3 Å². The molecule has 0 aliphatic carbocycles. The summed E-state index contributed by atoms with van der Waals surface area (Å²) < 4.78 is 13.7. The third-order valence-electron chi connectivity index (χ3n) is 2.68. The van der Waals surface area contributed by atoms with Gasteiger partial charge in [-0.1, -0.05) is 12.1 Å². The number of nitriles is 1. The summed E-state index contributed by atoms with van der Waals surface area (Å²) >= 11 is 0. The van der Waals surface area contributed by atoms with Gasteiger partial charge in [-0.3, -0.25) is 0 Å². The molecule has 1 heterocycles. The Morgan fingerprint density at radius 3 is 2.65 bits per heavy atom. The number of hydrogen-bond donors (Lipinski definition) is 0. The van der Waals surface area contributed by atoms with E-state index in [-0.39, 0.29) is 5.82 Å². The van der Waals surface area contributed by atoms with E-state index in [1.807, 2.05) is 19.0 Å². The first kappa shape index (κ1) is 11.3. The van der Waals surface area contributed by atoms with E-state index in [0.29, 0.717) is 22.2 Å². The van der Waals surface area contributed by atoms with E-state index in [4.69, 9.17) is 5.26 Å². The minimum absolute atomic E-state index is 0.313. The highest BCUT2D eigenvalue weighted by Gasteiger charge is 2.15. The number of aromatic nitrogens is 1. The molecule has 0 N–H and O–H groups in total. The number of halogens is 1. The molecule has 0 bridgehead atoms. The van der Waals surface area contributed by atoms with E-state index < -0.39 is 0 Å². The number of benzene rings is 1. The van der Waals surface area contributed by atoms with Crippen LogP contribution in [0.5, 0.6) is 0 Å². The fourth-order valence-corrected chi connectivity index (χ4v) is 1.95. The van der Waals surface area contributed by atoms with Gasteiger partial charge in [-0.25, -0.2) is 9.37 Å². The predicted octanol–water partition coefficient (Wildman–Crippen LogP) is 2.62. The average molecular weight is 229 g/mol. The first-order valence-electron chi connectivity index (χ1n) is 5.22. The van der Waals surface area contributed by atoms with Crippen molar-refractivity contribution in [1.29, 1.82) is 5.26 Å². The van der Waals surface area contributed by atoms with Crippen molar-refractivity contribution in [2.75, 3.05) is 19.0 Å². The molecule has 1 aromatic carbocycles. The highest BCUT2D eigenvalue weighted by molar-refractivity contribution is 5.95. The van der Waals surface area contributed by atoms with Gasteiger partial charge in [0.1, 0.15) is 17.4 Å². The number of para-hydroxylation sites is 1. The Labute approximate surface area is 99.1 Å². The van der Waals surface area contributed by atoms with Gasteiger partial charge < -0.3 is 4.90 Å². The molecule has 0 radical (unpaired) electrons. The lowest BCUT2D eigenvalue weighted by Gasteiger charge is -2.18. The van der Waals surface area contributed by atoms with Gasteiger partial charge >= 0.3 is 0 Å². The highest BCUT2D eigenvalue weighted by atomic mass is 19.1. The van der Waals surface area contributed by atoms with Gasteiger partial charge in [0.2, 0.25) is 0 Å². The van der Waals surface area contributed by atoms with E-state index >= 15 is 0 Å². The zero-order valence-electron chi connectivity index (χ0n) is 9.95. The quantitative estimate of drug-likeness (QED) is 0.754. The second kappa shape index (κ2) is 4.02. The van der Waals surface area contributed by atoms with Crippen molar-refractivity contribution in [3.8, 4) is 6.07 Å². The summed E-state index contributed by atoms with van der Waals surface area (Å²) in [7, 11) is 3.67. The molecule has 0 atom stereocenters. The van der Waals surface area contributed by atoms with Crippen molar-refractivity contribution >= 4 is 16.6 Å². The maximum Gasteiger partial charge on any atom is 0.149 e. The Kier molecular flexibility index (Phi) is 2.68. The van der Waals surface area contributed by atoms with Crippen LogP contribution < -0.4 is 4.90 Å². The van der Waals surface area contributed by atoms with E-state index in [1.165, 1.54) is 6.07 Å². The molecule has 0 aliphatic heterocycles. The summed E-state index contributed by atoms with van der Waals surface area (Å²) in [6.45, 7) is 1.72. The Bertz CT molecular complexity index is 627. The fraction of sp³-hybridized carbons (Fsp3) is 0.231. The second-order valence-electron chi connectivity index (χ2n) is 4.06. The summed E-state index contributed by atoms with van der Waals surface area (Å²) in [6, 6.07) is 6.91. The largest absolute Gasteiger partial charge is 0.376 e. The van der Waals surface area contributed by atoms with Crippen LogP contribution in [0.2, 0.25) is 0 Å². The Morgan fingerprint density at radius 2 is 2.06 bits per heavy atom. The maximum absolute atomic E-state index is 13.7. The molecule has 86 valence electrons. The number of fused-ring (bicyclic) bond motifs is 1. The zero-order chi connectivity index (χ0) is 12.6. The molecule has 17 heavy (non-hydrogen) atoms. The van der Waals surface area contributed by atoms with Crippen LogP contribution in [-0.2, 0) is 0 Å². The highest BCUT2D eigenvalue weighted by Crippen LogP contribution is 2.30. The van der Waals surface area contributed by atoms with Crippen LogP contribution in [0, 0.1) is 24.1 Å². The molecule has 0 spiro atoms. The van der Waals surface area contributed by atoms with Crippen molar-refractivity contribution in [1.82, 2.24) is 4.98 Å². The lowest BCUT2D eigenvalue weighted by atomic mass is 10.1. The number of anilines is 1. The van der Waals surface area contributed by atoms with Gasteiger partial charge in [0.15, 0.2) is 0 Å². The van der Waals surface area contributed by atoms with Crippen LogP contribution in [0.3, 0.4) is 0 Å². The lowest BCUT2D eigenvalue weighted by molar-refractivity contribution is 0.636. The van der Waals surface area contributed by atoms with Gasteiger partial charge in [-0.2, -0.15) is 5.26 Å². The van der Waals surface area contributed by atoms with Gasteiger partial charge in [0, 0.05) is 19.5 Å². The summed E-state index contributed by atoms with van der Waals surface area (Å²) in [5, 5.41) is 9.83. The molecule has 0 fully saturated rings. The Hall–Kier alpha value is -2.15. The Balaban J connectivity index is 3.00. The minimum Gasteiger partial charge on any atom is -0.376 e. The third kappa shape index (κ3) is 1.70. The van der Waals surface area contributed by atoms with Crippen LogP contribution in [-0.4, -0.2) is 19.1 Å². The number of aryl methyl sites for hydroxylation is 1. The van der Waals surface area contributed by atoms with E-state index in [9.17, 15) is 4.39 Å². The van der Waals surface area contributed by atoms with E-state index in [0.717, 1.165) is 5.69 Å². The number of pyridine rings is 1. The molecule has 0 unspecified atom stereocenters. The number of nitrogens with zero attached hydrogens (tertiary/aromatic N) is 3. The topological polar surface area (TPSA) is 39.9 Å². The van der Waals surface area contributed by atoms with Gasteiger partial charge in [-0.15, -0.1) is 0 Å². The molecule has 2 aromatic rings. The molecule has 0 saturated heterocycles. The van der Waals surface area contributed by atoms with Gasteiger partial charge in [0.05, 0.1) is 16.9 Å². The van der Waals surface area contributed by atoms with Crippen LogP contribution in [0.1, 0.15) is 11.3 Å². The van der Waals surface area contributed by atoms with Crippen molar-refractivity contribution in [2.24, 2.45) is 0 Å². The molecular formula is C13H12FN3. The van der Waals surface area contributed by atoms with Crippen LogP contribution >= 0.6 is 0 Å². The van der Waals surface area contributed by atoms with Crippen LogP contribution in [0.4, 0.5) is 10.1 Å². The third-order valence-corrected chi connectivity index (χ3v) is 2.68. The summed E-state index contributed by atoms with van der Waals surface area (Å²) in [5.74, 6) is -0.363. The SMILES string of the molecule is Cc1nc2c(F)cccc2c(N(C)C)c1C#N. The fourth-order valence-electron chi connectivity index (χ4n) is 1.95. The molecular weight excluding hydrogens is 217 g/mol. The summed E-state index contributed by atoms with van der Waals surface area (Å²) in [4.78, 5) is 5.98. The first-order valence-corrected chi connectivity index (χ1v) is 5.22. The summed E-state index contributed by atoms with van der Waals surface area (Å²) in [6.07, 6.45) is 0. The lowest BCUT2D eigenvalue weighted by Crippen LogP contribution is -2.13. The minimum atomic E-state index is -0.363. The number of hydrogen-bond acceptors (Lipinski definition) is 3. The average Bonchev–Trinajstić information content (AvgIpc) is 2.28. The monoisotopic (exact) mass is 229 g/mol. The second-order valence-corrected chi connectivity index (χ2v) is 4.06. The van der Waals surface area contributed by atoms with Crippen molar-refractivity contribution in [3.63, 3.8) is 0 Å². The zero-order valence-corrected chi connectivity index (χ0v) is 9.95. The van der Waals surface area contributed by atoms with Crippen molar-refractivity contribution in [2.45, 2.75) is 6.92 Å². The molecule has 1 aromatic heterocycles. The predicted molar refractivity (Wildman–Crippen MR) is 65.5 cm³/mol. The Morgan fingerprint density at radius 1 is 1.35 bits per heavy atom. The normalized spacial score (nSPS) is 10.3.